The lowest BCUT2D eigenvalue weighted by Crippen LogP contribution is -2.47. The van der Waals surface area contributed by atoms with Gasteiger partial charge in [0.05, 0.1) is 6.10 Å². The van der Waals surface area contributed by atoms with Crippen LogP contribution in [0.25, 0.3) is 6.08 Å². The largest absolute Gasteiger partial charge is 0.392 e. The standard InChI is InChI=1S/C19H23NO2/c1-4-19-13(2)16(12-15-8-6-10-20(15)3)17(21)11-14(19)7-5-9-18(19)22/h4,6,8,10-13,18,22H,1,5,7,9H2,2-3H3/b16-12+/t13-,18-,19-/m0/s1. The molecule has 1 aromatic heterocycles. The van der Waals surface area contributed by atoms with Crippen LogP contribution in [0, 0.1) is 11.3 Å². The van der Waals surface area contributed by atoms with Crippen molar-refractivity contribution in [2.75, 3.05) is 0 Å². The lowest BCUT2D eigenvalue weighted by atomic mass is 9.56. The van der Waals surface area contributed by atoms with Crippen molar-refractivity contribution in [3.63, 3.8) is 0 Å². The Bertz CT molecular complexity index is 679. The second-order valence-electron chi connectivity index (χ2n) is 6.44. The molecule has 1 saturated carbocycles. The molecule has 116 valence electrons. The molecule has 3 atom stereocenters. The number of hydrogen-bond acceptors (Lipinski definition) is 2. The molecule has 1 heterocycles. The van der Waals surface area contributed by atoms with Crippen LogP contribution in [0.4, 0.5) is 0 Å². The monoisotopic (exact) mass is 297 g/mol. The van der Waals surface area contributed by atoms with E-state index in [9.17, 15) is 9.90 Å². The molecule has 0 amide bonds. The minimum Gasteiger partial charge on any atom is -0.392 e. The molecule has 0 aliphatic heterocycles. The van der Waals surface area contributed by atoms with Crippen molar-refractivity contribution in [2.45, 2.75) is 32.3 Å². The van der Waals surface area contributed by atoms with Crippen LogP contribution < -0.4 is 0 Å². The normalized spacial score (nSPS) is 33.5. The highest BCUT2D eigenvalue weighted by atomic mass is 16.3. The first-order chi connectivity index (χ1) is 10.5. The molecule has 0 spiro atoms. The minimum atomic E-state index is -0.497. The lowest BCUT2D eigenvalue weighted by Gasteiger charge is -2.48. The highest BCUT2D eigenvalue weighted by molar-refractivity contribution is 6.09. The first-order valence-corrected chi connectivity index (χ1v) is 7.90. The van der Waals surface area contributed by atoms with Crippen molar-refractivity contribution in [3.8, 4) is 0 Å². The maximum absolute atomic E-state index is 12.6. The van der Waals surface area contributed by atoms with E-state index in [1.165, 1.54) is 0 Å². The summed E-state index contributed by atoms with van der Waals surface area (Å²) < 4.78 is 1.99. The Morgan fingerprint density at radius 3 is 2.91 bits per heavy atom. The third-order valence-electron chi connectivity index (χ3n) is 5.43. The van der Waals surface area contributed by atoms with E-state index in [-0.39, 0.29) is 11.7 Å². The van der Waals surface area contributed by atoms with Gasteiger partial charge in [-0.1, -0.05) is 18.6 Å². The summed E-state index contributed by atoms with van der Waals surface area (Å²) in [6, 6.07) is 3.95. The third-order valence-corrected chi connectivity index (χ3v) is 5.43. The van der Waals surface area contributed by atoms with Gasteiger partial charge in [-0.25, -0.2) is 0 Å². The first kappa shape index (κ1) is 15.0. The van der Waals surface area contributed by atoms with E-state index in [4.69, 9.17) is 0 Å². The van der Waals surface area contributed by atoms with Crippen molar-refractivity contribution < 1.29 is 9.90 Å². The molecule has 1 N–H and O–H groups in total. The highest BCUT2D eigenvalue weighted by Crippen LogP contribution is 2.52. The second-order valence-corrected chi connectivity index (χ2v) is 6.44. The highest BCUT2D eigenvalue weighted by Gasteiger charge is 2.49. The Morgan fingerprint density at radius 2 is 2.27 bits per heavy atom. The van der Waals surface area contributed by atoms with Gasteiger partial charge in [0.15, 0.2) is 5.78 Å². The van der Waals surface area contributed by atoms with E-state index >= 15 is 0 Å². The molecule has 1 aromatic rings. The number of aromatic nitrogens is 1. The number of nitrogens with zero attached hydrogens (tertiary/aromatic N) is 1. The van der Waals surface area contributed by atoms with Crippen LogP contribution in [0.5, 0.6) is 0 Å². The van der Waals surface area contributed by atoms with Gasteiger partial charge in [0.2, 0.25) is 0 Å². The van der Waals surface area contributed by atoms with Gasteiger partial charge in [0, 0.05) is 35.8 Å². The maximum Gasteiger partial charge on any atom is 0.182 e. The second kappa shape index (κ2) is 5.40. The van der Waals surface area contributed by atoms with Crippen molar-refractivity contribution in [3.05, 3.63) is 53.9 Å². The number of carbonyl (C=O) groups excluding carboxylic acids is 1. The molecule has 2 aliphatic carbocycles. The van der Waals surface area contributed by atoms with Gasteiger partial charge in [-0.2, -0.15) is 0 Å². The molecule has 22 heavy (non-hydrogen) atoms. The smallest absolute Gasteiger partial charge is 0.182 e. The summed E-state index contributed by atoms with van der Waals surface area (Å²) in [5, 5.41) is 10.7. The molecular formula is C19H23NO2. The van der Waals surface area contributed by atoms with Crippen LogP contribution in [-0.2, 0) is 11.8 Å². The fourth-order valence-electron chi connectivity index (χ4n) is 4.05. The van der Waals surface area contributed by atoms with Crippen LogP contribution >= 0.6 is 0 Å². The average molecular weight is 297 g/mol. The van der Waals surface area contributed by atoms with E-state index in [0.29, 0.717) is 0 Å². The zero-order valence-corrected chi connectivity index (χ0v) is 13.2. The van der Waals surface area contributed by atoms with E-state index in [1.54, 1.807) is 6.08 Å². The summed E-state index contributed by atoms with van der Waals surface area (Å²) in [6.07, 6.45) is 9.61. The molecular weight excluding hydrogens is 274 g/mol. The predicted molar refractivity (Wildman–Crippen MR) is 88.1 cm³/mol. The number of aliphatic hydroxyl groups is 1. The van der Waals surface area contributed by atoms with Gasteiger partial charge in [0.25, 0.3) is 0 Å². The topological polar surface area (TPSA) is 42.2 Å². The number of rotatable bonds is 2. The van der Waals surface area contributed by atoms with Crippen LogP contribution in [0.3, 0.4) is 0 Å². The fourth-order valence-corrected chi connectivity index (χ4v) is 4.05. The van der Waals surface area contributed by atoms with Crippen molar-refractivity contribution in [2.24, 2.45) is 18.4 Å². The van der Waals surface area contributed by atoms with Crippen LogP contribution in [0.15, 0.2) is 48.2 Å². The summed E-state index contributed by atoms with van der Waals surface area (Å²) in [5.41, 5.74) is 2.30. The Kier molecular flexibility index (Phi) is 3.69. The molecule has 3 rings (SSSR count). The zero-order chi connectivity index (χ0) is 15.9. The van der Waals surface area contributed by atoms with Crippen LogP contribution in [0.2, 0.25) is 0 Å². The zero-order valence-electron chi connectivity index (χ0n) is 13.2. The van der Waals surface area contributed by atoms with Crippen molar-refractivity contribution in [1.29, 1.82) is 0 Å². The predicted octanol–water partition coefficient (Wildman–Crippen LogP) is 3.27. The summed E-state index contributed by atoms with van der Waals surface area (Å²) >= 11 is 0. The van der Waals surface area contributed by atoms with E-state index in [1.807, 2.05) is 49.0 Å². The lowest BCUT2D eigenvalue weighted by molar-refractivity contribution is -0.113. The third kappa shape index (κ3) is 2.03. The number of aliphatic hydroxyl groups excluding tert-OH is 1. The van der Waals surface area contributed by atoms with Gasteiger partial charge in [-0.3, -0.25) is 4.79 Å². The molecule has 2 aliphatic rings. The van der Waals surface area contributed by atoms with Gasteiger partial charge < -0.3 is 9.67 Å². The number of carbonyl (C=O) groups is 1. The summed E-state index contributed by atoms with van der Waals surface area (Å²) in [5.74, 6) is -0.00188. The van der Waals surface area contributed by atoms with Gasteiger partial charge in [-0.05, 0) is 43.5 Å². The van der Waals surface area contributed by atoms with Crippen LogP contribution in [0.1, 0.15) is 31.9 Å². The summed E-state index contributed by atoms with van der Waals surface area (Å²) in [7, 11) is 1.96. The molecule has 0 aromatic carbocycles. The molecule has 0 unspecified atom stereocenters. The van der Waals surface area contributed by atoms with E-state index < -0.39 is 11.5 Å². The Labute approximate surface area is 131 Å². The van der Waals surface area contributed by atoms with E-state index in [0.717, 1.165) is 36.1 Å². The molecule has 0 bridgehead atoms. The van der Waals surface area contributed by atoms with E-state index in [2.05, 4.69) is 6.58 Å². The van der Waals surface area contributed by atoms with Gasteiger partial charge >= 0.3 is 0 Å². The average Bonchev–Trinajstić information content (AvgIpc) is 2.89. The SMILES string of the molecule is C=C[C@@]12C(=CC(=O)/C(=C/c3cccn3C)[C@@H]1C)CCC[C@@H]2O. The molecule has 3 nitrogen and oxygen atoms in total. The summed E-state index contributed by atoms with van der Waals surface area (Å²) in [6.45, 7) is 6.03. The Hall–Kier alpha value is -1.87. The number of ketones is 1. The minimum absolute atomic E-state index is 0.0651. The maximum atomic E-state index is 12.6. The molecule has 0 saturated heterocycles. The van der Waals surface area contributed by atoms with Crippen molar-refractivity contribution >= 4 is 11.9 Å². The van der Waals surface area contributed by atoms with Gasteiger partial charge in [0.1, 0.15) is 0 Å². The number of aryl methyl sites for hydroxylation is 1. The quantitative estimate of drug-likeness (QED) is 0.672. The Balaban J connectivity index is 2.13. The molecule has 3 heteroatoms. The first-order valence-electron chi connectivity index (χ1n) is 7.90. The Morgan fingerprint density at radius 1 is 1.50 bits per heavy atom. The number of allylic oxidation sites excluding steroid dienone is 2. The molecule has 0 radical (unpaired) electrons. The van der Waals surface area contributed by atoms with Crippen molar-refractivity contribution in [1.82, 2.24) is 4.57 Å². The number of fused-ring (bicyclic) bond motifs is 1. The van der Waals surface area contributed by atoms with Crippen LogP contribution in [-0.4, -0.2) is 21.6 Å². The number of hydrogen-bond donors (Lipinski definition) is 1. The summed E-state index contributed by atoms with van der Waals surface area (Å²) in [4.78, 5) is 12.6. The fraction of sp³-hybridized carbons (Fsp3) is 0.421. The molecule has 1 fully saturated rings. The van der Waals surface area contributed by atoms with Gasteiger partial charge in [-0.15, -0.1) is 6.58 Å².